The molecule has 0 saturated carbocycles. The van der Waals surface area contributed by atoms with Crippen LogP contribution in [0.25, 0.3) is 22.7 Å². The van der Waals surface area contributed by atoms with Gasteiger partial charge in [0.1, 0.15) is 23.9 Å². The summed E-state index contributed by atoms with van der Waals surface area (Å²) in [7, 11) is 0. The van der Waals surface area contributed by atoms with Crippen molar-refractivity contribution in [2.24, 2.45) is 0 Å². The van der Waals surface area contributed by atoms with Gasteiger partial charge in [0.2, 0.25) is 0 Å². The maximum absolute atomic E-state index is 13.2. The van der Waals surface area contributed by atoms with Gasteiger partial charge in [-0.25, -0.2) is 23.4 Å². The zero-order chi connectivity index (χ0) is 23.8. The Kier molecular flexibility index (Phi) is 5.18. The van der Waals surface area contributed by atoms with E-state index in [1.54, 1.807) is 30.0 Å². The molecule has 1 N–H and O–H groups in total. The summed E-state index contributed by atoms with van der Waals surface area (Å²) in [6.45, 7) is 3.49. The third-order valence-electron chi connectivity index (χ3n) is 5.18. The lowest BCUT2D eigenvalue weighted by atomic mass is 10.2. The highest BCUT2D eigenvalue weighted by molar-refractivity contribution is 5.82. The number of imidazole rings is 1. The number of rotatable bonds is 5. The van der Waals surface area contributed by atoms with Crippen molar-refractivity contribution < 1.29 is 8.78 Å². The summed E-state index contributed by atoms with van der Waals surface area (Å²) in [6.07, 6.45) is -1.12. The molecule has 0 aliphatic heterocycles. The fourth-order valence-electron chi connectivity index (χ4n) is 3.52. The normalized spacial score (nSPS) is 11.2. The molecular formula is C23H17F2N9. The second-order valence-corrected chi connectivity index (χ2v) is 7.58. The first kappa shape index (κ1) is 21.1. The highest BCUT2D eigenvalue weighted by Gasteiger charge is 2.18. The van der Waals surface area contributed by atoms with E-state index in [4.69, 9.17) is 0 Å². The van der Waals surface area contributed by atoms with Crippen molar-refractivity contribution in [3.8, 4) is 17.7 Å². The summed E-state index contributed by atoms with van der Waals surface area (Å²) in [5.74, 6) is 1.21. The maximum atomic E-state index is 13.2. The molecule has 0 saturated heterocycles. The number of hydrogen-bond acceptors (Lipinski definition) is 7. The van der Waals surface area contributed by atoms with E-state index in [0.29, 0.717) is 17.3 Å². The fraction of sp³-hybridized carbons (Fsp3) is 0.130. The summed E-state index contributed by atoms with van der Waals surface area (Å²) in [4.78, 5) is 9.00. The molecule has 1 aromatic carbocycles. The number of fused-ring (bicyclic) bond motifs is 1. The van der Waals surface area contributed by atoms with Crippen LogP contribution in [-0.4, -0.2) is 34.5 Å². The van der Waals surface area contributed by atoms with E-state index >= 15 is 0 Å². The van der Waals surface area contributed by atoms with Crippen molar-refractivity contribution in [1.82, 2.24) is 34.5 Å². The van der Waals surface area contributed by atoms with Gasteiger partial charge in [0, 0.05) is 11.4 Å². The SMILES string of the molecule is Cc1ccc(Nc2ccc3ncn(-c4ccc(C#N)c(-n5nc(C(F)F)cc5C)n4)c3c2)nn1. The third-order valence-corrected chi connectivity index (χ3v) is 5.18. The number of nitrogens with one attached hydrogen (secondary N) is 1. The molecule has 11 heteroatoms. The quantitative estimate of drug-likeness (QED) is 0.412. The molecular weight excluding hydrogens is 440 g/mol. The largest absolute Gasteiger partial charge is 0.339 e. The number of anilines is 2. The van der Waals surface area contributed by atoms with Crippen LogP contribution in [0, 0.1) is 25.2 Å². The van der Waals surface area contributed by atoms with E-state index in [1.165, 1.54) is 10.7 Å². The summed E-state index contributed by atoms with van der Waals surface area (Å²) in [6, 6.07) is 15.9. The standard InChI is InChI=1S/C23H17F2N9/c1-13-3-7-20(31-30-13)28-16-5-6-17-19(10-16)33(12-27-17)21-8-4-15(11-26)23(29-21)34-14(2)9-18(32-34)22(24)25/h3-10,12,22H,1-2H3,(H,28,31). The Morgan fingerprint density at radius 1 is 1.03 bits per heavy atom. The van der Waals surface area contributed by atoms with Crippen LogP contribution in [-0.2, 0) is 0 Å². The molecule has 4 heterocycles. The highest BCUT2D eigenvalue weighted by atomic mass is 19.3. The number of aromatic nitrogens is 7. The smallest absolute Gasteiger partial charge is 0.282 e. The van der Waals surface area contributed by atoms with Crippen molar-refractivity contribution in [3.05, 3.63) is 77.5 Å². The molecule has 9 nitrogen and oxygen atoms in total. The highest BCUT2D eigenvalue weighted by Crippen LogP contribution is 2.25. The van der Waals surface area contributed by atoms with Gasteiger partial charge in [-0.05, 0) is 62.4 Å². The van der Waals surface area contributed by atoms with Crippen molar-refractivity contribution >= 4 is 22.5 Å². The Balaban J connectivity index is 1.58. The monoisotopic (exact) mass is 457 g/mol. The molecule has 0 bridgehead atoms. The average molecular weight is 457 g/mol. The van der Waals surface area contributed by atoms with Crippen molar-refractivity contribution in [2.75, 3.05) is 5.32 Å². The van der Waals surface area contributed by atoms with Crippen LogP contribution in [0.15, 0.2) is 54.9 Å². The lowest BCUT2D eigenvalue weighted by Gasteiger charge is -2.10. The number of aryl methyl sites for hydroxylation is 2. The van der Waals surface area contributed by atoms with E-state index in [2.05, 4.69) is 36.7 Å². The van der Waals surface area contributed by atoms with Gasteiger partial charge in [0.05, 0.1) is 22.3 Å². The molecule has 0 fully saturated rings. The van der Waals surface area contributed by atoms with E-state index < -0.39 is 6.43 Å². The Morgan fingerprint density at radius 2 is 1.88 bits per heavy atom. The van der Waals surface area contributed by atoms with Crippen LogP contribution in [0.2, 0.25) is 0 Å². The molecule has 5 rings (SSSR count). The molecule has 0 radical (unpaired) electrons. The predicted molar refractivity (Wildman–Crippen MR) is 120 cm³/mol. The van der Waals surface area contributed by atoms with Gasteiger partial charge in [-0.15, -0.1) is 5.10 Å². The summed E-state index contributed by atoms with van der Waals surface area (Å²) in [5, 5.41) is 24.9. The molecule has 168 valence electrons. The van der Waals surface area contributed by atoms with Gasteiger partial charge in [-0.3, -0.25) is 4.57 Å². The van der Waals surface area contributed by atoms with Crippen LogP contribution in [0.1, 0.15) is 29.1 Å². The predicted octanol–water partition coefficient (Wildman–Crippen LogP) is 4.57. The number of alkyl halides is 2. The maximum Gasteiger partial charge on any atom is 0.282 e. The zero-order valence-corrected chi connectivity index (χ0v) is 18.1. The second-order valence-electron chi connectivity index (χ2n) is 7.58. The van der Waals surface area contributed by atoms with Crippen LogP contribution >= 0.6 is 0 Å². The van der Waals surface area contributed by atoms with Gasteiger partial charge in [-0.2, -0.15) is 15.5 Å². The summed E-state index contributed by atoms with van der Waals surface area (Å²) >= 11 is 0. The molecule has 0 spiro atoms. The Bertz CT molecular complexity index is 1550. The molecule has 4 aromatic heterocycles. The van der Waals surface area contributed by atoms with E-state index in [-0.39, 0.29) is 17.1 Å². The molecule has 0 aliphatic carbocycles. The van der Waals surface area contributed by atoms with E-state index in [0.717, 1.165) is 22.4 Å². The summed E-state index contributed by atoms with van der Waals surface area (Å²) < 4.78 is 29.3. The molecule has 0 unspecified atom stereocenters. The lowest BCUT2D eigenvalue weighted by molar-refractivity contribution is 0.145. The lowest BCUT2D eigenvalue weighted by Crippen LogP contribution is -2.08. The molecule has 5 aromatic rings. The Hall–Kier alpha value is -4.72. The molecule has 0 amide bonds. The van der Waals surface area contributed by atoms with Crippen LogP contribution < -0.4 is 5.32 Å². The van der Waals surface area contributed by atoms with Gasteiger partial charge < -0.3 is 5.32 Å². The molecule has 0 atom stereocenters. The minimum atomic E-state index is -2.73. The van der Waals surface area contributed by atoms with Gasteiger partial charge in [-0.1, -0.05) is 0 Å². The first-order valence-corrected chi connectivity index (χ1v) is 10.2. The Morgan fingerprint density at radius 3 is 2.59 bits per heavy atom. The summed E-state index contributed by atoms with van der Waals surface area (Å²) in [5.41, 5.74) is 3.33. The van der Waals surface area contributed by atoms with Crippen LogP contribution in [0.3, 0.4) is 0 Å². The second kappa shape index (κ2) is 8.32. The van der Waals surface area contributed by atoms with Crippen molar-refractivity contribution in [3.63, 3.8) is 0 Å². The van der Waals surface area contributed by atoms with Gasteiger partial charge in [0.25, 0.3) is 6.43 Å². The number of nitriles is 1. The minimum absolute atomic E-state index is 0.162. The van der Waals surface area contributed by atoms with E-state index in [9.17, 15) is 14.0 Å². The van der Waals surface area contributed by atoms with Crippen molar-refractivity contribution in [1.29, 1.82) is 5.26 Å². The molecule has 0 aliphatic rings. The number of benzene rings is 1. The van der Waals surface area contributed by atoms with Crippen LogP contribution in [0.5, 0.6) is 0 Å². The minimum Gasteiger partial charge on any atom is -0.339 e. The van der Waals surface area contributed by atoms with Crippen LogP contribution in [0.4, 0.5) is 20.3 Å². The first-order chi connectivity index (χ1) is 16.4. The van der Waals surface area contributed by atoms with E-state index in [1.807, 2.05) is 37.3 Å². The average Bonchev–Trinajstić information content (AvgIpc) is 3.43. The molecule has 34 heavy (non-hydrogen) atoms. The number of hydrogen-bond donors (Lipinski definition) is 1. The zero-order valence-electron chi connectivity index (χ0n) is 18.1. The van der Waals surface area contributed by atoms with Crippen molar-refractivity contribution in [2.45, 2.75) is 20.3 Å². The van der Waals surface area contributed by atoms with Gasteiger partial charge in [0.15, 0.2) is 11.6 Å². The first-order valence-electron chi connectivity index (χ1n) is 10.2. The third kappa shape index (κ3) is 3.81. The van der Waals surface area contributed by atoms with Gasteiger partial charge >= 0.3 is 0 Å². The number of pyridine rings is 1. The number of halogens is 2. The number of nitrogens with zero attached hydrogens (tertiary/aromatic N) is 8. The topological polar surface area (TPSA) is 110 Å². The fourth-order valence-corrected chi connectivity index (χ4v) is 3.52. The Labute approximate surface area is 192 Å².